The summed E-state index contributed by atoms with van der Waals surface area (Å²) in [5.74, 6) is -1.26. The van der Waals surface area contributed by atoms with E-state index in [9.17, 15) is 9.59 Å². The number of hydrogen-bond acceptors (Lipinski definition) is 5. The lowest BCUT2D eigenvalue weighted by molar-refractivity contribution is -0.331. The molecule has 0 aliphatic heterocycles. The fourth-order valence-corrected chi connectivity index (χ4v) is 1.39. The van der Waals surface area contributed by atoms with E-state index in [-0.39, 0.29) is 0 Å². The standard InChI is InChI=1S/C15H18O5/c1-3-5-11-14(18-13(16)4-2)19-20-15(17)12-9-7-6-8-10-12/h4,6-10,14H,2-3,5,11H2,1H3. The maximum Gasteiger partial charge on any atom is 0.373 e. The predicted molar refractivity (Wildman–Crippen MR) is 72.5 cm³/mol. The maximum atomic E-state index is 11.7. The maximum absolute atomic E-state index is 11.7. The molecule has 0 spiro atoms. The fraction of sp³-hybridized carbons (Fsp3) is 0.333. The van der Waals surface area contributed by atoms with Crippen molar-refractivity contribution in [1.82, 2.24) is 0 Å². The molecule has 5 nitrogen and oxygen atoms in total. The van der Waals surface area contributed by atoms with Gasteiger partial charge in [0.15, 0.2) is 0 Å². The molecule has 1 aromatic rings. The van der Waals surface area contributed by atoms with Crippen LogP contribution < -0.4 is 0 Å². The van der Waals surface area contributed by atoms with Crippen molar-refractivity contribution in [3.05, 3.63) is 48.6 Å². The van der Waals surface area contributed by atoms with Gasteiger partial charge >= 0.3 is 11.9 Å². The van der Waals surface area contributed by atoms with Crippen LogP contribution in [0.25, 0.3) is 0 Å². The number of carbonyl (C=O) groups excluding carboxylic acids is 2. The second-order valence-electron chi connectivity index (χ2n) is 4.05. The van der Waals surface area contributed by atoms with Gasteiger partial charge < -0.3 is 4.74 Å². The molecule has 1 aromatic carbocycles. The molecule has 0 amide bonds. The smallest absolute Gasteiger partial charge is 0.373 e. The summed E-state index contributed by atoms with van der Waals surface area (Å²) in [5, 5.41) is 0. The van der Waals surface area contributed by atoms with E-state index in [2.05, 4.69) is 11.5 Å². The summed E-state index contributed by atoms with van der Waals surface area (Å²) < 4.78 is 4.93. The summed E-state index contributed by atoms with van der Waals surface area (Å²) in [7, 11) is 0. The Morgan fingerprint density at radius 3 is 2.60 bits per heavy atom. The van der Waals surface area contributed by atoms with Crippen LogP contribution in [-0.4, -0.2) is 18.2 Å². The summed E-state index contributed by atoms with van der Waals surface area (Å²) in [4.78, 5) is 32.4. The Kier molecular flexibility index (Phi) is 7.06. The van der Waals surface area contributed by atoms with E-state index < -0.39 is 18.2 Å². The van der Waals surface area contributed by atoms with Gasteiger partial charge in [0.25, 0.3) is 0 Å². The minimum absolute atomic E-state index is 0.358. The summed E-state index contributed by atoms with van der Waals surface area (Å²) in [6, 6.07) is 8.41. The van der Waals surface area contributed by atoms with E-state index in [0.29, 0.717) is 12.0 Å². The molecule has 0 aliphatic rings. The molecule has 5 heteroatoms. The Balaban J connectivity index is 2.50. The van der Waals surface area contributed by atoms with Crippen LogP contribution in [0.2, 0.25) is 0 Å². The van der Waals surface area contributed by atoms with E-state index in [0.717, 1.165) is 18.9 Å². The van der Waals surface area contributed by atoms with Crippen molar-refractivity contribution in [2.75, 3.05) is 0 Å². The van der Waals surface area contributed by atoms with Crippen molar-refractivity contribution < 1.29 is 24.1 Å². The zero-order valence-electron chi connectivity index (χ0n) is 11.4. The third-order valence-corrected chi connectivity index (χ3v) is 2.45. The van der Waals surface area contributed by atoms with E-state index in [1.165, 1.54) is 0 Å². The number of unbranched alkanes of at least 4 members (excludes halogenated alkanes) is 1. The van der Waals surface area contributed by atoms with Crippen LogP contribution >= 0.6 is 0 Å². The Bertz CT molecular complexity index is 441. The SMILES string of the molecule is C=CC(=O)OC(CCCC)OOC(=O)c1ccccc1. The van der Waals surface area contributed by atoms with E-state index >= 15 is 0 Å². The molecule has 0 N–H and O–H groups in total. The highest BCUT2D eigenvalue weighted by Crippen LogP contribution is 2.10. The van der Waals surface area contributed by atoms with Crippen molar-refractivity contribution in [1.29, 1.82) is 0 Å². The van der Waals surface area contributed by atoms with Crippen molar-refractivity contribution in [2.24, 2.45) is 0 Å². The topological polar surface area (TPSA) is 61.8 Å². The highest BCUT2D eigenvalue weighted by molar-refractivity contribution is 5.88. The monoisotopic (exact) mass is 278 g/mol. The van der Waals surface area contributed by atoms with Crippen LogP contribution in [0.5, 0.6) is 0 Å². The van der Waals surface area contributed by atoms with E-state index in [4.69, 9.17) is 9.62 Å². The normalized spacial score (nSPS) is 11.4. The van der Waals surface area contributed by atoms with Gasteiger partial charge in [0.2, 0.25) is 6.29 Å². The zero-order valence-corrected chi connectivity index (χ0v) is 11.4. The molecule has 0 radical (unpaired) electrons. The van der Waals surface area contributed by atoms with E-state index in [1.54, 1.807) is 30.3 Å². The van der Waals surface area contributed by atoms with Crippen LogP contribution in [0.3, 0.4) is 0 Å². The van der Waals surface area contributed by atoms with Gasteiger partial charge in [-0.05, 0) is 18.6 Å². The summed E-state index contributed by atoms with van der Waals surface area (Å²) in [5.41, 5.74) is 0.358. The first-order valence-electron chi connectivity index (χ1n) is 6.43. The second-order valence-corrected chi connectivity index (χ2v) is 4.05. The molecule has 1 atom stereocenters. The van der Waals surface area contributed by atoms with Gasteiger partial charge in [-0.1, -0.05) is 38.1 Å². The highest BCUT2D eigenvalue weighted by atomic mass is 17.2. The van der Waals surface area contributed by atoms with Gasteiger partial charge in [0.05, 0.1) is 5.56 Å². The summed E-state index contributed by atoms with van der Waals surface area (Å²) in [6.45, 7) is 5.29. The second kappa shape index (κ2) is 8.87. The highest BCUT2D eigenvalue weighted by Gasteiger charge is 2.17. The molecule has 0 saturated heterocycles. The molecule has 1 rings (SSSR count). The largest absolute Gasteiger partial charge is 0.429 e. The van der Waals surface area contributed by atoms with Crippen LogP contribution in [-0.2, 0) is 19.3 Å². The van der Waals surface area contributed by atoms with Crippen molar-refractivity contribution in [3.63, 3.8) is 0 Å². The Morgan fingerprint density at radius 2 is 2.00 bits per heavy atom. The molecule has 0 aliphatic carbocycles. The lowest BCUT2D eigenvalue weighted by Gasteiger charge is -2.15. The molecule has 0 bridgehead atoms. The molecule has 20 heavy (non-hydrogen) atoms. The summed E-state index contributed by atoms with van der Waals surface area (Å²) in [6.07, 6.45) is 2.23. The molecule has 108 valence electrons. The average Bonchev–Trinajstić information content (AvgIpc) is 2.50. The average molecular weight is 278 g/mol. The molecular formula is C15H18O5. The summed E-state index contributed by atoms with van der Waals surface area (Å²) >= 11 is 0. The first kappa shape index (κ1) is 15.9. The Morgan fingerprint density at radius 1 is 1.30 bits per heavy atom. The van der Waals surface area contributed by atoms with Gasteiger partial charge in [-0.2, -0.15) is 0 Å². The first-order valence-corrected chi connectivity index (χ1v) is 6.43. The minimum atomic E-state index is -0.923. The third kappa shape index (κ3) is 5.67. The van der Waals surface area contributed by atoms with Gasteiger partial charge in [0.1, 0.15) is 0 Å². The van der Waals surface area contributed by atoms with Crippen molar-refractivity contribution in [3.8, 4) is 0 Å². The minimum Gasteiger partial charge on any atom is -0.429 e. The predicted octanol–water partition coefficient (Wildman–Crippen LogP) is 3.02. The fourth-order valence-electron chi connectivity index (χ4n) is 1.39. The number of hydrogen-bond donors (Lipinski definition) is 0. The van der Waals surface area contributed by atoms with Gasteiger partial charge in [-0.3, -0.25) is 4.89 Å². The first-order chi connectivity index (χ1) is 9.67. The van der Waals surface area contributed by atoms with Crippen LogP contribution in [0.15, 0.2) is 43.0 Å². The molecule has 0 fully saturated rings. The number of ether oxygens (including phenoxy) is 1. The van der Waals surface area contributed by atoms with Gasteiger partial charge in [-0.15, -0.1) is 4.89 Å². The number of carbonyl (C=O) groups is 2. The van der Waals surface area contributed by atoms with Crippen LogP contribution in [0.4, 0.5) is 0 Å². The third-order valence-electron chi connectivity index (χ3n) is 2.45. The van der Waals surface area contributed by atoms with Crippen LogP contribution in [0.1, 0.15) is 36.5 Å². The Labute approximate surface area is 118 Å². The number of esters is 1. The molecule has 1 unspecified atom stereocenters. The number of rotatable bonds is 8. The molecule has 0 saturated carbocycles. The molecule has 0 heterocycles. The molecule has 0 aromatic heterocycles. The van der Waals surface area contributed by atoms with E-state index in [1.807, 2.05) is 6.92 Å². The quantitative estimate of drug-likeness (QED) is 0.240. The van der Waals surface area contributed by atoms with Crippen LogP contribution in [0, 0.1) is 0 Å². The lowest BCUT2D eigenvalue weighted by atomic mass is 10.2. The van der Waals surface area contributed by atoms with Gasteiger partial charge in [0, 0.05) is 12.5 Å². The van der Waals surface area contributed by atoms with Gasteiger partial charge in [-0.25, -0.2) is 9.59 Å². The number of benzene rings is 1. The van der Waals surface area contributed by atoms with Crippen molar-refractivity contribution in [2.45, 2.75) is 32.5 Å². The molecular weight excluding hydrogens is 260 g/mol. The zero-order chi connectivity index (χ0) is 14.8. The van der Waals surface area contributed by atoms with Crippen molar-refractivity contribution >= 4 is 11.9 Å². The lowest BCUT2D eigenvalue weighted by Crippen LogP contribution is -2.22. The Hall–Kier alpha value is -2.14.